The molecule has 0 spiro atoms. The van der Waals surface area contributed by atoms with Gasteiger partial charge in [0.25, 0.3) is 0 Å². The number of hydrogen-bond donors (Lipinski definition) is 2. The van der Waals surface area contributed by atoms with Crippen LogP contribution in [0, 0.1) is 13.8 Å². The molecule has 0 amide bonds. The zero-order valence-corrected chi connectivity index (χ0v) is 24.4. The molecule has 4 aromatic rings. The maximum Gasteiger partial charge on any atom is 0.330 e. The van der Waals surface area contributed by atoms with E-state index in [1.54, 1.807) is 36.4 Å². The summed E-state index contributed by atoms with van der Waals surface area (Å²) in [6.07, 6.45) is 2.22. The van der Waals surface area contributed by atoms with E-state index in [0.29, 0.717) is 22.5 Å². The summed E-state index contributed by atoms with van der Waals surface area (Å²) in [6.45, 7) is 10.8. The van der Waals surface area contributed by atoms with Crippen LogP contribution in [0.2, 0.25) is 0 Å². The highest BCUT2D eigenvalue weighted by Crippen LogP contribution is 2.39. The van der Waals surface area contributed by atoms with E-state index < -0.39 is 11.9 Å². The number of anilines is 4. The number of fused-ring (bicyclic) bond motifs is 2. The maximum absolute atomic E-state index is 13.9. The average molecular weight is 587 g/mol. The minimum atomic E-state index is -0.506. The molecule has 2 N–H and O–H groups in total. The van der Waals surface area contributed by atoms with Crippen LogP contribution in [0.5, 0.6) is 0 Å². The SMILES string of the molecule is C=CC(=O)OCc1ccc(Nc2ccc(Nc3ccc(COC(=O)C=C)cc3C)c3c2C(=O)c2ccccc2C3=O)c(C)c1. The van der Waals surface area contributed by atoms with Gasteiger partial charge in [-0.3, -0.25) is 9.59 Å². The van der Waals surface area contributed by atoms with Crippen LogP contribution in [0.15, 0.2) is 98.1 Å². The lowest BCUT2D eigenvalue weighted by atomic mass is 9.82. The van der Waals surface area contributed by atoms with Crippen molar-refractivity contribution in [2.75, 3.05) is 10.6 Å². The number of rotatable bonds is 10. The summed E-state index contributed by atoms with van der Waals surface area (Å²) >= 11 is 0. The molecule has 0 aliphatic heterocycles. The highest BCUT2D eigenvalue weighted by molar-refractivity contribution is 6.32. The Morgan fingerprint density at radius 2 is 1.02 bits per heavy atom. The standard InChI is InChI=1S/C36H30N2O6/c1-5-31(39)43-19-23-11-13-27(21(3)17-23)37-29-15-16-30(34-33(29)35(41)25-9-7-8-10-26(25)36(34)42)38-28-14-12-24(18-22(28)4)20-44-32(40)6-2/h5-18,37-38H,1-2,19-20H2,3-4H3. The third-order valence-electron chi connectivity index (χ3n) is 7.29. The Balaban J connectivity index is 1.50. The molecule has 0 bridgehead atoms. The van der Waals surface area contributed by atoms with Crippen molar-refractivity contribution in [3.8, 4) is 0 Å². The Morgan fingerprint density at radius 1 is 0.636 bits per heavy atom. The van der Waals surface area contributed by atoms with Crippen molar-refractivity contribution in [3.05, 3.63) is 143 Å². The van der Waals surface area contributed by atoms with Crippen LogP contribution in [0.25, 0.3) is 0 Å². The van der Waals surface area contributed by atoms with Crippen LogP contribution in [-0.4, -0.2) is 23.5 Å². The van der Waals surface area contributed by atoms with E-state index in [1.807, 2.05) is 50.2 Å². The Kier molecular flexibility index (Phi) is 8.53. The first-order valence-corrected chi connectivity index (χ1v) is 13.9. The van der Waals surface area contributed by atoms with Gasteiger partial charge in [-0.15, -0.1) is 0 Å². The van der Waals surface area contributed by atoms with E-state index in [1.165, 1.54) is 0 Å². The second-order valence-electron chi connectivity index (χ2n) is 10.3. The molecule has 4 aromatic carbocycles. The second kappa shape index (κ2) is 12.6. The summed E-state index contributed by atoms with van der Waals surface area (Å²) in [5.74, 6) is -1.53. The molecule has 0 aromatic heterocycles. The van der Waals surface area contributed by atoms with Gasteiger partial charge in [0.1, 0.15) is 13.2 Å². The van der Waals surface area contributed by atoms with E-state index in [9.17, 15) is 19.2 Å². The lowest BCUT2D eigenvalue weighted by molar-refractivity contribution is -0.139. The lowest BCUT2D eigenvalue weighted by Crippen LogP contribution is -2.23. The van der Waals surface area contributed by atoms with Crippen molar-refractivity contribution in [2.24, 2.45) is 0 Å². The highest BCUT2D eigenvalue weighted by atomic mass is 16.5. The topological polar surface area (TPSA) is 111 Å². The Hall–Kier alpha value is -5.76. The molecule has 0 heterocycles. The minimum Gasteiger partial charge on any atom is -0.458 e. The summed E-state index contributed by atoms with van der Waals surface area (Å²) in [7, 11) is 0. The van der Waals surface area contributed by atoms with Gasteiger partial charge in [0.05, 0.1) is 22.5 Å². The summed E-state index contributed by atoms with van der Waals surface area (Å²) in [6, 6.07) is 21.4. The van der Waals surface area contributed by atoms with Crippen LogP contribution in [-0.2, 0) is 32.3 Å². The van der Waals surface area contributed by atoms with Gasteiger partial charge in [-0.25, -0.2) is 9.59 Å². The molecule has 0 saturated heterocycles. The van der Waals surface area contributed by atoms with Crippen LogP contribution in [0.1, 0.15) is 54.1 Å². The smallest absolute Gasteiger partial charge is 0.330 e. The zero-order valence-electron chi connectivity index (χ0n) is 24.4. The molecule has 0 fully saturated rings. The van der Waals surface area contributed by atoms with E-state index in [4.69, 9.17) is 9.47 Å². The molecule has 8 heteroatoms. The Morgan fingerprint density at radius 3 is 1.39 bits per heavy atom. The number of ether oxygens (including phenoxy) is 2. The minimum absolute atomic E-state index is 0.103. The third-order valence-corrected chi connectivity index (χ3v) is 7.29. The average Bonchev–Trinajstić information content (AvgIpc) is 3.03. The monoisotopic (exact) mass is 586 g/mol. The largest absolute Gasteiger partial charge is 0.458 e. The number of esters is 2. The summed E-state index contributed by atoms with van der Waals surface area (Å²) in [5.41, 5.74) is 6.98. The number of carbonyl (C=O) groups is 4. The maximum atomic E-state index is 13.9. The van der Waals surface area contributed by atoms with Crippen molar-refractivity contribution in [1.82, 2.24) is 0 Å². The first kappa shape index (κ1) is 29.7. The molecule has 44 heavy (non-hydrogen) atoms. The highest BCUT2D eigenvalue weighted by Gasteiger charge is 2.34. The third kappa shape index (κ3) is 6.05. The lowest BCUT2D eigenvalue weighted by Gasteiger charge is -2.24. The van der Waals surface area contributed by atoms with Gasteiger partial charge in [-0.2, -0.15) is 0 Å². The van der Waals surface area contributed by atoms with Gasteiger partial charge in [0.2, 0.25) is 0 Å². The van der Waals surface area contributed by atoms with Gasteiger partial charge >= 0.3 is 11.9 Å². The van der Waals surface area contributed by atoms with E-state index >= 15 is 0 Å². The predicted octanol–water partition coefficient (Wildman–Crippen LogP) is 7.02. The quantitative estimate of drug-likeness (QED) is 0.133. The normalized spacial score (nSPS) is 11.6. The van der Waals surface area contributed by atoms with Crippen LogP contribution in [0.3, 0.4) is 0 Å². The first-order chi connectivity index (χ1) is 21.2. The molecular formula is C36H30N2O6. The number of benzene rings is 4. The molecular weight excluding hydrogens is 556 g/mol. The predicted molar refractivity (Wildman–Crippen MR) is 169 cm³/mol. The van der Waals surface area contributed by atoms with Gasteiger partial charge in [-0.1, -0.05) is 61.7 Å². The van der Waals surface area contributed by atoms with Gasteiger partial charge in [0.15, 0.2) is 11.6 Å². The number of carbonyl (C=O) groups excluding carboxylic acids is 4. The van der Waals surface area contributed by atoms with E-state index in [2.05, 4.69) is 23.8 Å². The fourth-order valence-electron chi connectivity index (χ4n) is 5.06. The molecule has 0 unspecified atom stereocenters. The molecule has 220 valence electrons. The fourth-order valence-corrected chi connectivity index (χ4v) is 5.06. The number of hydrogen-bond acceptors (Lipinski definition) is 8. The second-order valence-corrected chi connectivity index (χ2v) is 10.3. The molecule has 1 aliphatic rings. The number of ketones is 2. The van der Waals surface area contributed by atoms with Crippen molar-refractivity contribution in [3.63, 3.8) is 0 Å². The molecule has 0 saturated carbocycles. The van der Waals surface area contributed by atoms with Gasteiger partial charge < -0.3 is 20.1 Å². The zero-order chi connectivity index (χ0) is 31.4. The number of nitrogens with one attached hydrogen (secondary N) is 2. The fraction of sp³-hybridized carbons (Fsp3) is 0.111. The van der Waals surface area contributed by atoms with Crippen molar-refractivity contribution in [2.45, 2.75) is 27.1 Å². The van der Waals surface area contributed by atoms with Gasteiger partial charge in [-0.05, 0) is 60.4 Å². The van der Waals surface area contributed by atoms with E-state index in [-0.39, 0.29) is 35.9 Å². The van der Waals surface area contributed by atoms with Gasteiger partial charge in [0, 0.05) is 34.7 Å². The van der Waals surface area contributed by atoms with Crippen molar-refractivity contribution >= 4 is 46.3 Å². The Bertz CT molecular complexity index is 1720. The van der Waals surface area contributed by atoms with Crippen LogP contribution in [0.4, 0.5) is 22.7 Å². The molecule has 5 rings (SSSR count). The summed E-state index contributed by atoms with van der Waals surface area (Å²) < 4.78 is 10.3. The van der Waals surface area contributed by atoms with Crippen LogP contribution < -0.4 is 10.6 Å². The number of aryl methyl sites for hydroxylation is 2. The molecule has 1 aliphatic carbocycles. The van der Waals surface area contributed by atoms with Crippen LogP contribution >= 0.6 is 0 Å². The van der Waals surface area contributed by atoms with E-state index in [0.717, 1.165) is 45.8 Å². The molecule has 8 nitrogen and oxygen atoms in total. The first-order valence-electron chi connectivity index (χ1n) is 13.9. The Labute approximate surface area is 255 Å². The van der Waals surface area contributed by atoms with Crippen molar-refractivity contribution in [1.29, 1.82) is 0 Å². The van der Waals surface area contributed by atoms with Crippen molar-refractivity contribution < 1.29 is 28.7 Å². The molecule has 0 radical (unpaired) electrons. The summed E-state index contributed by atoms with van der Waals surface area (Å²) in [5, 5.41) is 6.70. The molecule has 0 atom stereocenters. The summed E-state index contributed by atoms with van der Waals surface area (Å²) in [4.78, 5) is 50.8.